The fraction of sp³-hybridized carbons (Fsp3) is 0.769. The number of fused-ring (bicyclic) bond motifs is 2. The van der Waals surface area contributed by atoms with Crippen molar-refractivity contribution in [1.82, 2.24) is 4.98 Å². The van der Waals surface area contributed by atoms with E-state index in [1.807, 2.05) is 0 Å². The summed E-state index contributed by atoms with van der Waals surface area (Å²) in [6.45, 7) is 4.39. The quantitative estimate of drug-likeness (QED) is 0.866. The summed E-state index contributed by atoms with van der Waals surface area (Å²) in [5, 5.41) is 6.82. The van der Waals surface area contributed by atoms with Gasteiger partial charge in [0.2, 0.25) is 0 Å². The minimum absolute atomic E-state index is 0.598. The Balaban J connectivity index is 1.63. The van der Waals surface area contributed by atoms with Gasteiger partial charge in [-0.2, -0.15) is 0 Å². The van der Waals surface area contributed by atoms with Crippen LogP contribution in [0, 0.1) is 24.7 Å². The highest BCUT2D eigenvalue weighted by Gasteiger charge is 2.41. The second kappa shape index (κ2) is 4.02. The Kier molecular flexibility index (Phi) is 2.66. The molecule has 0 amide bonds. The third-order valence-electron chi connectivity index (χ3n) is 4.41. The molecule has 16 heavy (non-hydrogen) atoms. The van der Waals surface area contributed by atoms with Crippen LogP contribution in [0.4, 0.5) is 5.13 Å². The van der Waals surface area contributed by atoms with E-state index in [2.05, 4.69) is 29.5 Å². The molecule has 2 bridgehead atoms. The number of rotatable bonds is 3. The Hall–Kier alpha value is -0.570. The van der Waals surface area contributed by atoms with Gasteiger partial charge in [0, 0.05) is 11.4 Å². The zero-order valence-electron chi connectivity index (χ0n) is 10.1. The lowest BCUT2D eigenvalue weighted by atomic mass is 9.84. The van der Waals surface area contributed by atoms with Crippen molar-refractivity contribution < 1.29 is 0 Å². The second-order valence-corrected chi connectivity index (χ2v) is 6.42. The molecule has 1 aromatic heterocycles. The fourth-order valence-electron chi connectivity index (χ4n) is 3.63. The van der Waals surface area contributed by atoms with Gasteiger partial charge in [-0.1, -0.05) is 6.42 Å². The molecule has 1 aromatic rings. The van der Waals surface area contributed by atoms with Gasteiger partial charge in [-0.05, 0) is 50.9 Å². The number of aromatic nitrogens is 1. The minimum Gasteiger partial charge on any atom is -0.359 e. The molecule has 2 saturated carbocycles. The molecule has 2 aliphatic rings. The van der Waals surface area contributed by atoms with Gasteiger partial charge in [0.05, 0.1) is 5.69 Å². The van der Waals surface area contributed by atoms with Gasteiger partial charge in [-0.25, -0.2) is 4.98 Å². The van der Waals surface area contributed by atoms with E-state index in [9.17, 15) is 0 Å². The predicted molar refractivity (Wildman–Crippen MR) is 68.9 cm³/mol. The van der Waals surface area contributed by atoms with Crippen LogP contribution in [0.3, 0.4) is 0 Å². The standard InChI is InChI=1S/C13H20N2S/c1-8-7-16-13(14-8)15-9(2)12-6-10-3-4-11(12)5-10/h7,9-12H,3-6H2,1-2H3,(H,14,15). The Morgan fingerprint density at radius 1 is 1.44 bits per heavy atom. The van der Waals surface area contributed by atoms with E-state index in [0.29, 0.717) is 6.04 Å². The summed E-state index contributed by atoms with van der Waals surface area (Å²) >= 11 is 1.73. The van der Waals surface area contributed by atoms with Gasteiger partial charge in [0.1, 0.15) is 0 Å². The van der Waals surface area contributed by atoms with Crippen LogP contribution in [0.1, 0.15) is 38.3 Å². The normalized spacial score (nSPS) is 34.2. The van der Waals surface area contributed by atoms with Crippen LogP contribution in [0.2, 0.25) is 0 Å². The van der Waals surface area contributed by atoms with Crippen molar-refractivity contribution in [2.75, 3.05) is 5.32 Å². The van der Waals surface area contributed by atoms with Gasteiger partial charge >= 0.3 is 0 Å². The molecule has 2 nitrogen and oxygen atoms in total. The monoisotopic (exact) mass is 236 g/mol. The number of thiazole rings is 1. The molecule has 3 heteroatoms. The number of nitrogens with one attached hydrogen (secondary N) is 1. The third kappa shape index (κ3) is 1.86. The number of hydrogen-bond donors (Lipinski definition) is 1. The first kappa shape index (κ1) is 10.6. The first-order valence-electron chi connectivity index (χ1n) is 6.41. The summed E-state index contributed by atoms with van der Waals surface area (Å²) in [6.07, 6.45) is 5.90. The summed E-state index contributed by atoms with van der Waals surface area (Å²) in [5.41, 5.74) is 1.13. The average molecular weight is 236 g/mol. The Morgan fingerprint density at radius 2 is 2.31 bits per heavy atom. The van der Waals surface area contributed by atoms with E-state index in [-0.39, 0.29) is 0 Å². The maximum atomic E-state index is 4.49. The predicted octanol–water partition coefficient (Wildman–Crippen LogP) is 3.69. The number of nitrogens with zero attached hydrogens (tertiary/aromatic N) is 1. The third-order valence-corrected chi connectivity index (χ3v) is 5.30. The lowest BCUT2D eigenvalue weighted by Crippen LogP contribution is -2.29. The van der Waals surface area contributed by atoms with Gasteiger partial charge in [-0.15, -0.1) is 11.3 Å². The van der Waals surface area contributed by atoms with Crippen molar-refractivity contribution in [3.63, 3.8) is 0 Å². The summed E-state index contributed by atoms with van der Waals surface area (Å²) < 4.78 is 0. The number of hydrogen-bond acceptors (Lipinski definition) is 3. The van der Waals surface area contributed by atoms with Gasteiger partial charge in [0.25, 0.3) is 0 Å². The van der Waals surface area contributed by atoms with Gasteiger partial charge < -0.3 is 5.32 Å². The van der Waals surface area contributed by atoms with Crippen molar-refractivity contribution in [1.29, 1.82) is 0 Å². The van der Waals surface area contributed by atoms with Gasteiger partial charge in [0.15, 0.2) is 5.13 Å². The Bertz CT molecular complexity index is 374. The molecule has 2 aliphatic carbocycles. The molecule has 0 saturated heterocycles. The molecule has 0 spiro atoms. The van der Waals surface area contributed by atoms with Crippen LogP contribution in [-0.4, -0.2) is 11.0 Å². The van der Waals surface area contributed by atoms with E-state index < -0.39 is 0 Å². The highest BCUT2D eigenvalue weighted by atomic mass is 32.1. The smallest absolute Gasteiger partial charge is 0.183 e. The molecule has 88 valence electrons. The Labute approximate surface area is 101 Å². The first-order valence-corrected chi connectivity index (χ1v) is 7.29. The van der Waals surface area contributed by atoms with Crippen LogP contribution < -0.4 is 5.32 Å². The second-order valence-electron chi connectivity index (χ2n) is 5.57. The minimum atomic E-state index is 0.598. The van der Waals surface area contributed by atoms with Crippen molar-refractivity contribution in [3.8, 4) is 0 Å². The molecule has 1 N–H and O–H groups in total. The van der Waals surface area contributed by atoms with Crippen LogP contribution in [0.25, 0.3) is 0 Å². The first-order chi connectivity index (χ1) is 7.72. The molecule has 0 aliphatic heterocycles. The average Bonchev–Trinajstić information content (AvgIpc) is 2.93. The highest BCUT2D eigenvalue weighted by molar-refractivity contribution is 7.13. The zero-order valence-corrected chi connectivity index (χ0v) is 10.9. The zero-order chi connectivity index (χ0) is 11.1. The largest absolute Gasteiger partial charge is 0.359 e. The molecule has 3 rings (SSSR count). The molecule has 1 heterocycles. The summed E-state index contributed by atoms with van der Waals surface area (Å²) in [5.74, 6) is 2.92. The summed E-state index contributed by atoms with van der Waals surface area (Å²) in [7, 11) is 0. The van der Waals surface area contributed by atoms with E-state index in [1.54, 1.807) is 11.3 Å². The lowest BCUT2D eigenvalue weighted by Gasteiger charge is -2.28. The van der Waals surface area contributed by atoms with Crippen molar-refractivity contribution >= 4 is 16.5 Å². The topological polar surface area (TPSA) is 24.9 Å². The van der Waals surface area contributed by atoms with Crippen LogP contribution in [-0.2, 0) is 0 Å². The van der Waals surface area contributed by atoms with Crippen LogP contribution >= 0.6 is 11.3 Å². The molecular weight excluding hydrogens is 216 g/mol. The SMILES string of the molecule is Cc1csc(NC(C)C2CC3CCC2C3)n1. The van der Waals surface area contributed by atoms with E-state index in [0.717, 1.165) is 28.6 Å². The van der Waals surface area contributed by atoms with E-state index >= 15 is 0 Å². The van der Waals surface area contributed by atoms with Gasteiger partial charge in [-0.3, -0.25) is 0 Å². The number of aryl methyl sites for hydroxylation is 1. The van der Waals surface area contributed by atoms with E-state index in [4.69, 9.17) is 0 Å². The maximum Gasteiger partial charge on any atom is 0.183 e. The molecule has 2 fully saturated rings. The molecule has 0 aromatic carbocycles. The highest BCUT2D eigenvalue weighted by Crippen LogP contribution is 2.49. The van der Waals surface area contributed by atoms with Crippen LogP contribution in [0.15, 0.2) is 5.38 Å². The maximum absolute atomic E-state index is 4.49. The summed E-state index contributed by atoms with van der Waals surface area (Å²) in [4.78, 5) is 4.49. The summed E-state index contributed by atoms with van der Waals surface area (Å²) in [6, 6.07) is 0.598. The van der Waals surface area contributed by atoms with E-state index in [1.165, 1.54) is 25.7 Å². The molecule has 4 unspecified atom stereocenters. The fourth-order valence-corrected chi connectivity index (χ4v) is 4.41. The van der Waals surface area contributed by atoms with Crippen molar-refractivity contribution in [2.45, 2.75) is 45.6 Å². The number of anilines is 1. The molecule has 0 radical (unpaired) electrons. The van der Waals surface area contributed by atoms with Crippen molar-refractivity contribution in [3.05, 3.63) is 11.1 Å². The van der Waals surface area contributed by atoms with Crippen LogP contribution in [0.5, 0.6) is 0 Å². The molecule has 4 atom stereocenters. The lowest BCUT2D eigenvalue weighted by molar-refractivity contribution is 0.304. The molecular formula is C13H20N2S. The Morgan fingerprint density at radius 3 is 2.88 bits per heavy atom. The van der Waals surface area contributed by atoms with Crippen molar-refractivity contribution in [2.24, 2.45) is 17.8 Å².